The summed E-state index contributed by atoms with van der Waals surface area (Å²) in [5.41, 5.74) is 5.91. The van der Waals surface area contributed by atoms with Crippen LogP contribution in [0.4, 0.5) is 0 Å². The summed E-state index contributed by atoms with van der Waals surface area (Å²) in [4.78, 5) is 0. The average Bonchev–Trinajstić information content (AvgIpc) is 2.21. The van der Waals surface area contributed by atoms with E-state index in [1.54, 1.807) is 0 Å². The summed E-state index contributed by atoms with van der Waals surface area (Å²) in [6, 6.07) is 0. The molecule has 0 aliphatic carbocycles. The lowest BCUT2D eigenvalue weighted by Crippen LogP contribution is -2.43. The molecule has 0 saturated heterocycles. The van der Waals surface area contributed by atoms with Crippen LogP contribution in [-0.2, 0) is 4.74 Å². The normalized spacial score (nSPS) is 16.1. The molecular weight excluding hydrogens is 202 g/mol. The van der Waals surface area contributed by atoms with Crippen LogP contribution in [0.3, 0.4) is 0 Å². The summed E-state index contributed by atoms with van der Waals surface area (Å²) in [5, 5.41) is 9.13. The predicted molar refractivity (Wildman–Crippen MR) is 68.4 cm³/mol. The summed E-state index contributed by atoms with van der Waals surface area (Å²) in [6.45, 7) is 10.3. The van der Waals surface area contributed by atoms with Crippen LogP contribution in [0.2, 0.25) is 0 Å². The molecule has 0 rings (SSSR count). The Hall–Kier alpha value is -0.120. The lowest BCUT2D eigenvalue weighted by atomic mass is 9.92. The molecule has 0 amide bonds. The molecule has 0 spiro atoms. The summed E-state index contributed by atoms with van der Waals surface area (Å²) in [7, 11) is 0. The van der Waals surface area contributed by atoms with Crippen molar-refractivity contribution in [1.82, 2.24) is 0 Å². The molecule has 3 N–H and O–H groups in total. The first-order valence-electron chi connectivity index (χ1n) is 6.30. The van der Waals surface area contributed by atoms with Crippen molar-refractivity contribution >= 4 is 0 Å². The maximum absolute atomic E-state index is 9.13. The zero-order valence-electron chi connectivity index (χ0n) is 11.4. The van der Waals surface area contributed by atoms with Gasteiger partial charge in [-0.3, -0.25) is 0 Å². The molecule has 98 valence electrons. The molecule has 0 aromatic heterocycles. The number of rotatable bonds is 8. The quantitative estimate of drug-likeness (QED) is 0.630. The van der Waals surface area contributed by atoms with Gasteiger partial charge in [0.05, 0.1) is 6.61 Å². The smallest absolute Gasteiger partial charge is 0.0611 e. The second-order valence-corrected chi connectivity index (χ2v) is 5.90. The highest BCUT2D eigenvalue weighted by molar-refractivity contribution is 4.81. The Kier molecular flexibility index (Phi) is 7.20. The first-order valence-corrected chi connectivity index (χ1v) is 6.30. The van der Waals surface area contributed by atoms with Gasteiger partial charge in [-0.1, -0.05) is 27.7 Å². The molecule has 16 heavy (non-hydrogen) atoms. The van der Waals surface area contributed by atoms with Crippen LogP contribution in [0, 0.1) is 5.41 Å². The maximum Gasteiger partial charge on any atom is 0.0611 e. The molecule has 0 bridgehead atoms. The predicted octanol–water partition coefficient (Wildman–Crippen LogP) is 2.32. The Morgan fingerprint density at radius 2 is 1.75 bits per heavy atom. The van der Waals surface area contributed by atoms with Crippen molar-refractivity contribution in [2.75, 3.05) is 19.8 Å². The maximum atomic E-state index is 9.13. The van der Waals surface area contributed by atoms with E-state index in [0.29, 0.717) is 5.41 Å². The van der Waals surface area contributed by atoms with Gasteiger partial charge in [-0.25, -0.2) is 0 Å². The van der Waals surface area contributed by atoms with Gasteiger partial charge >= 0.3 is 0 Å². The molecule has 1 unspecified atom stereocenters. The van der Waals surface area contributed by atoms with Crippen molar-refractivity contribution in [3.63, 3.8) is 0 Å². The van der Waals surface area contributed by atoms with E-state index in [-0.39, 0.29) is 6.61 Å². The molecule has 0 aromatic carbocycles. The standard InChI is InChI=1S/C13H29NO2/c1-5-13(14,11-15)7-6-9-16-10-8-12(2,3)4/h15H,5-11,14H2,1-4H3. The number of aliphatic hydroxyl groups is 1. The fourth-order valence-electron chi connectivity index (χ4n) is 1.37. The van der Waals surface area contributed by atoms with Gasteiger partial charge < -0.3 is 15.6 Å². The molecule has 3 heteroatoms. The van der Waals surface area contributed by atoms with Gasteiger partial charge in [0.15, 0.2) is 0 Å². The number of hydrogen-bond donors (Lipinski definition) is 2. The van der Waals surface area contributed by atoms with E-state index in [4.69, 9.17) is 15.6 Å². The van der Waals surface area contributed by atoms with E-state index >= 15 is 0 Å². The van der Waals surface area contributed by atoms with Gasteiger partial charge in [0.25, 0.3) is 0 Å². The van der Waals surface area contributed by atoms with Gasteiger partial charge in [0.1, 0.15) is 0 Å². The van der Waals surface area contributed by atoms with E-state index in [0.717, 1.165) is 38.9 Å². The SMILES string of the molecule is CCC(N)(CO)CCCOCCC(C)(C)C. The van der Waals surface area contributed by atoms with E-state index in [9.17, 15) is 0 Å². The molecule has 0 saturated carbocycles. The molecule has 0 aliphatic rings. The largest absolute Gasteiger partial charge is 0.394 e. The Balaban J connectivity index is 3.47. The number of hydrogen-bond acceptors (Lipinski definition) is 3. The van der Waals surface area contributed by atoms with Crippen LogP contribution in [-0.4, -0.2) is 30.5 Å². The van der Waals surface area contributed by atoms with E-state index in [1.807, 2.05) is 6.92 Å². The van der Waals surface area contributed by atoms with Gasteiger partial charge in [0, 0.05) is 18.8 Å². The van der Waals surface area contributed by atoms with Crippen molar-refractivity contribution in [1.29, 1.82) is 0 Å². The molecule has 3 nitrogen and oxygen atoms in total. The van der Waals surface area contributed by atoms with Crippen molar-refractivity contribution in [2.24, 2.45) is 11.1 Å². The van der Waals surface area contributed by atoms with Crippen molar-refractivity contribution in [3.8, 4) is 0 Å². The first-order chi connectivity index (χ1) is 7.33. The van der Waals surface area contributed by atoms with Crippen molar-refractivity contribution < 1.29 is 9.84 Å². The lowest BCUT2D eigenvalue weighted by Gasteiger charge is -2.25. The highest BCUT2D eigenvalue weighted by Gasteiger charge is 2.20. The van der Waals surface area contributed by atoms with Crippen LogP contribution in [0.15, 0.2) is 0 Å². The van der Waals surface area contributed by atoms with E-state index in [1.165, 1.54) is 0 Å². The average molecular weight is 231 g/mol. The Morgan fingerprint density at radius 3 is 2.19 bits per heavy atom. The Labute approximate surface area is 100 Å². The fourth-order valence-corrected chi connectivity index (χ4v) is 1.37. The minimum atomic E-state index is -0.409. The van der Waals surface area contributed by atoms with Crippen LogP contribution in [0.1, 0.15) is 53.4 Å². The van der Waals surface area contributed by atoms with Gasteiger partial charge in [-0.05, 0) is 31.1 Å². The van der Waals surface area contributed by atoms with Crippen LogP contribution >= 0.6 is 0 Å². The molecule has 0 heterocycles. The first kappa shape index (κ1) is 15.9. The summed E-state index contributed by atoms with van der Waals surface area (Å²) >= 11 is 0. The minimum Gasteiger partial charge on any atom is -0.394 e. The molecule has 1 atom stereocenters. The Bertz CT molecular complexity index is 171. The summed E-state index contributed by atoms with van der Waals surface area (Å²) in [5.74, 6) is 0. The topological polar surface area (TPSA) is 55.5 Å². The highest BCUT2D eigenvalue weighted by atomic mass is 16.5. The minimum absolute atomic E-state index is 0.0610. The third-order valence-electron chi connectivity index (χ3n) is 2.98. The van der Waals surface area contributed by atoms with E-state index in [2.05, 4.69) is 20.8 Å². The second-order valence-electron chi connectivity index (χ2n) is 5.90. The summed E-state index contributed by atoms with van der Waals surface area (Å²) in [6.07, 6.45) is 3.64. The van der Waals surface area contributed by atoms with Gasteiger partial charge in [-0.2, -0.15) is 0 Å². The molecule has 0 radical (unpaired) electrons. The van der Waals surface area contributed by atoms with Crippen LogP contribution < -0.4 is 5.73 Å². The van der Waals surface area contributed by atoms with Crippen LogP contribution in [0.5, 0.6) is 0 Å². The molecule has 0 aliphatic heterocycles. The van der Waals surface area contributed by atoms with Gasteiger partial charge in [-0.15, -0.1) is 0 Å². The fraction of sp³-hybridized carbons (Fsp3) is 1.00. The van der Waals surface area contributed by atoms with E-state index < -0.39 is 5.54 Å². The second kappa shape index (κ2) is 7.25. The van der Waals surface area contributed by atoms with Gasteiger partial charge in [0.2, 0.25) is 0 Å². The number of aliphatic hydroxyl groups excluding tert-OH is 1. The third-order valence-corrected chi connectivity index (χ3v) is 2.98. The molecular formula is C13H29NO2. The number of nitrogens with two attached hydrogens (primary N) is 1. The zero-order chi connectivity index (χ0) is 12.7. The van der Waals surface area contributed by atoms with Crippen molar-refractivity contribution in [2.45, 2.75) is 58.9 Å². The molecule has 0 aromatic rings. The van der Waals surface area contributed by atoms with Crippen LogP contribution in [0.25, 0.3) is 0 Å². The number of ether oxygens (including phenoxy) is 1. The monoisotopic (exact) mass is 231 g/mol. The highest BCUT2D eigenvalue weighted by Crippen LogP contribution is 2.18. The third kappa shape index (κ3) is 8.08. The lowest BCUT2D eigenvalue weighted by molar-refractivity contribution is 0.0950. The zero-order valence-corrected chi connectivity index (χ0v) is 11.4. The molecule has 0 fully saturated rings. The van der Waals surface area contributed by atoms with Crippen molar-refractivity contribution in [3.05, 3.63) is 0 Å². The summed E-state index contributed by atoms with van der Waals surface area (Å²) < 4.78 is 5.56. The Morgan fingerprint density at radius 1 is 1.12 bits per heavy atom.